The zero-order valence-electron chi connectivity index (χ0n) is 28.0. The zero-order valence-corrected chi connectivity index (χ0v) is 28.8. The molecule has 50 heavy (non-hydrogen) atoms. The fourth-order valence-electron chi connectivity index (χ4n) is 5.69. The van der Waals surface area contributed by atoms with Crippen LogP contribution in [0.5, 0.6) is 0 Å². The van der Waals surface area contributed by atoms with E-state index in [0.717, 1.165) is 44.0 Å². The van der Waals surface area contributed by atoms with Gasteiger partial charge in [-0.3, -0.25) is 19.6 Å². The Kier molecular flexibility index (Phi) is 13.6. The maximum Gasteiger partial charge on any atom is 0.243 e. The summed E-state index contributed by atoms with van der Waals surface area (Å²) in [5, 5.41) is 23.9. The Hall–Kier alpha value is -4.52. The maximum absolute atomic E-state index is 12.4. The van der Waals surface area contributed by atoms with Crippen LogP contribution < -0.4 is 16.1 Å². The molecule has 3 unspecified atom stereocenters. The molecule has 0 aliphatic carbocycles. The lowest BCUT2D eigenvalue weighted by molar-refractivity contribution is -0.245. The molecule has 1 aliphatic rings. The van der Waals surface area contributed by atoms with Crippen molar-refractivity contribution < 1.29 is 34.2 Å². The summed E-state index contributed by atoms with van der Waals surface area (Å²) in [5.41, 5.74) is 8.05. The predicted octanol–water partition coefficient (Wildman–Crippen LogP) is 6.82. The molecule has 1 aliphatic heterocycles. The van der Waals surface area contributed by atoms with Crippen LogP contribution in [0.4, 0.5) is 5.69 Å². The number of hydroxylamine groups is 1. The number of thioether (sulfide) groups is 1. The van der Waals surface area contributed by atoms with Crippen molar-refractivity contribution in [1.29, 1.82) is 0 Å². The molecule has 4 aromatic rings. The van der Waals surface area contributed by atoms with Gasteiger partial charge in [0.15, 0.2) is 6.29 Å². The van der Waals surface area contributed by atoms with Crippen molar-refractivity contribution in [3.05, 3.63) is 119 Å². The Morgan fingerprint density at radius 1 is 0.800 bits per heavy atom. The molecule has 3 atom stereocenters. The second-order valence-electron chi connectivity index (χ2n) is 12.2. The lowest BCUT2D eigenvalue weighted by Crippen LogP contribution is -2.31. The summed E-state index contributed by atoms with van der Waals surface area (Å²) in [7, 11) is 0. The number of ether oxygens (including phenoxy) is 2. The number of benzene rings is 4. The van der Waals surface area contributed by atoms with Crippen LogP contribution >= 0.6 is 11.8 Å². The lowest BCUT2D eigenvalue weighted by Gasteiger charge is -2.36. The third-order valence-corrected chi connectivity index (χ3v) is 9.46. The van der Waals surface area contributed by atoms with Crippen molar-refractivity contribution in [2.45, 2.75) is 75.6 Å². The molecule has 10 nitrogen and oxygen atoms in total. The molecule has 5 rings (SSSR count). The van der Waals surface area contributed by atoms with E-state index in [2.05, 4.69) is 22.8 Å². The average Bonchev–Trinajstić information content (AvgIpc) is 3.15. The van der Waals surface area contributed by atoms with E-state index < -0.39 is 12.2 Å². The Labute approximate surface area is 296 Å². The van der Waals surface area contributed by atoms with Crippen LogP contribution in [0.1, 0.15) is 73.7 Å². The van der Waals surface area contributed by atoms with E-state index in [1.165, 1.54) is 6.92 Å². The molecule has 4 aromatic carbocycles. The van der Waals surface area contributed by atoms with Crippen LogP contribution in [-0.2, 0) is 37.0 Å². The third kappa shape index (κ3) is 11.0. The Bertz CT molecular complexity index is 1730. The summed E-state index contributed by atoms with van der Waals surface area (Å²) >= 11 is 1.69. The lowest BCUT2D eigenvalue weighted by atomic mass is 9.99. The van der Waals surface area contributed by atoms with Gasteiger partial charge in [0.05, 0.1) is 18.8 Å². The van der Waals surface area contributed by atoms with Crippen LogP contribution in [0.15, 0.2) is 102 Å². The summed E-state index contributed by atoms with van der Waals surface area (Å²) in [4.78, 5) is 36.0. The van der Waals surface area contributed by atoms with Gasteiger partial charge in [-0.1, -0.05) is 60.7 Å². The van der Waals surface area contributed by atoms with Gasteiger partial charge in [-0.2, -0.15) is 0 Å². The van der Waals surface area contributed by atoms with Crippen LogP contribution in [0.3, 0.4) is 0 Å². The summed E-state index contributed by atoms with van der Waals surface area (Å²) in [5.74, 6) is 0.0467. The molecule has 1 heterocycles. The van der Waals surface area contributed by atoms with Crippen LogP contribution in [-0.4, -0.2) is 39.9 Å². The van der Waals surface area contributed by atoms with E-state index in [4.69, 9.17) is 14.7 Å². The molecule has 1 fully saturated rings. The monoisotopic (exact) mass is 697 g/mol. The number of nitrogens with one attached hydrogen (secondary N) is 3. The Balaban J connectivity index is 1.26. The normalized spacial score (nSPS) is 17.1. The number of amides is 3. The highest BCUT2D eigenvalue weighted by molar-refractivity contribution is 7.99. The Morgan fingerprint density at radius 2 is 1.50 bits per heavy atom. The molecular weight excluding hydrogens is 655 g/mol. The number of hydrogen-bond acceptors (Lipinski definition) is 8. The number of rotatable bonds is 15. The molecule has 1 saturated heterocycles. The number of hydrogen-bond donors (Lipinski definition) is 5. The van der Waals surface area contributed by atoms with E-state index in [1.807, 2.05) is 84.9 Å². The van der Waals surface area contributed by atoms with Gasteiger partial charge in [0.25, 0.3) is 0 Å². The highest BCUT2D eigenvalue weighted by Gasteiger charge is 2.32. The first-order valence-electron chi connectivity index (χ1n) is 16.7. The summed E-state index contributed by atoms with van der Waals surface area (Å²) in [6.45, 7) is 1.84. The van der Waals surface area contributed by atoms with E-state index in [1.54, 1.807) is 17.2 Å². The zero-order chi connectivity index (χ0) is 35.3. The first-order chi connectivity index (χ1) is 24.3. The topological polar surface area (TPSA) is 146 Å². The number of carbonyl (C=O) groups is 3. The Morgan fingerprint density at radius 3 is 2.20 bits per heavy atom. The van der Waals surface area contributed by atoms with E-state index in [9.17, 15) is 19.5 Å². The molecule has 0 spiro atoms. The van der Waals surface area contributed by atoms with Crippen LogP contribution in [0, 0.1) is 0 Å². The minimum atomic E-state index is -0.607. The number of unbranched alkanes of at least 4 members (excludes halogenated alkanes) is 1. The van der Waals surface area contributed by atoms with Gasteiger partial charge in [0.1, 0.15) is 0 Å². The second-order valence-corrected chi connectivity index (χ2v) is 13.3. The summed E-state index contributed by atoms with van der Waals surface area (Å²) in [6.07, 6.45) is 1.29. The van der Waals surface area contributed by atoms with Gasteiger partial charge >= 0.3 is 0 Å². The third-order valence-electron chi connectivity index (χ3n) is 8.32. The van der Waals surface area contributed by atoms with Crippen LogP contribution in [0.2, 0.25) is 0 Å². The first kappa shape index (κ1) is 36.8. The maximum atomic E-state index is 12.4. The SMILES string of the molecule is CC(=O)Nc1ccc(SCC2CC(c3ccc(CO)cc3)OC(c3cccc(-c4cccc(CNC(=O)CCCCC(=O)NO)c4)c3)O2)cc1. The molecular formula is C39H43N3O7S. The quantitative estimate of drug-likeness (QED) is 0.0394. The molecule has 262 valence electrons. The number of aliphatic hydroxyl groups excluding tert-OH is 1. The first-order valence-corrected chi connectivity index (χ1v) is 17.7. The second kappa shape index (κ2) is 18.5. The van der Waals surface area contributed by atoms with Crippen molar-refractivity contribution in [1.82, 2.24) is 10.8 Å². The molecule has 0 bridgehead atoms. The highest BCUT2D eigenvalue weighted by Crippen LogP contribution is 2.40. The van der Waals surface area contributed by atoms with Gasteiger partial charge < -0.3 is 25.2 Å². The van der Waals surface area contributed by atoms with Crippen LogP contribution in [0.25, 0.3) is 11.1 Å². The fourth-order valence-corrected chi connectivity index (χ4v) is 6.61. The van der Waals surface area contributed by atoms with E-state index in [0.29, 0.717) is 38.0 Å². The van der Waals surface area contributed by atoms with Crippen molar-refractivity contribution in [2.75, 3.05) is 11.1 Å². The highest BCUT2D eigenvalue weighted by atomic mass is 32.2. The predicted molar refractivity (Wildman–Crippen MR) is 192 cm³/mol. The van der Waals surface area contributed by atoms with Crippen molar-refractivity contribution in [3.8, 4) is 11.1 Å². The van der Waals surface area contributed by atoms with Crippen molar-refractivity contribution in [2.24, 2.45) is 0 Å². The number of aliphatic hydroxyl groups is 1. The van der Waals surface area contributed by atoms with Gasteiger partial charge in [0.2, 0.25) is 17.7 Å². The minimum absolute atomic E-state index is 0.0225. The molecule has 11 heteroatoms. The van der Waals surface area contributed by atoms with E-state index in [-0.39, 0.29) is 37.0 Å². The number of anilines is 1. The molecule has 3 amide bonds. The van der Waals surface area contributed by atoms with Crippen molar-refractivity contribution >= 4 is 35.2 Å². The van der Waals surface area contributed by atoms with Gasteiger partial charge in [-0.05, 0) is 77.1 Å². The van der Waals surface area contributed by atoms with Gasteiger partial charge in [-0.25, -0.2) is 5.48 Å². The molecule has 0 aromatic heterocycles. The molecule has 0 saturated carbocycles. The average molecular weight is 698 g/mol. The summed E-state index contributed by atoms with van der Waals surface area (Å²) < 4.78 is 13.2. The van der Waals surface area contributed by atoms with Gasteiger partial charge in [-0.15, -0.1) is 11.8 Å². The number of carbonyl (C=O) groups excluding carboxylic acids is 3. The molecule has 0 radical (unpaired) electrons. The standard InChI is InChI=1S/C39H43N3O7S/c1-26(44)41-33-16-18-35(19-17-33)50-25-34-22-36(29-14-12-27(24-43)13-15-29)49-39(48-34)32-9-5-8-31(21-32)30-7-4-6-28(20-30)23-40-37(45)10-2-3-11-38(46)42-47/h4-9,12-21,34,36,39,43,47H,2-3,10-11,22-25H2,1H3,(H,40,45)(H,41,44)(H,42,46). The minimum Gasteiger partial charge on any atom is -0.392 e. The fraction of sp³-hybridized carbons (Fsp3) is 0.308. The van der Waals surface area contributed by atoms with E-state index >= 15 is 0 Å². The van der Waals surface area contributed by atoms with Gasteiger partial charge in [0, 0.05) is 54.6 Å². The van der Waals surface area contributed by atoms with Crippen molar-refractivity contribution in [3.63, 3.8) is 0 Å². The molecule has 5 N–H and O–H groups in total. The largest absolute Gasteiger partial charge is 0.392 e. The summed E-state index contributed by atoms with van der Waals surface area (Å²) in [6, 6.07) is 31.7. The smallest absolute Gasteiger partial charge is 0.243 e.